The summed E-state index contributed by atoms with van der Waals surface area (Å²) in [5, 5.41) is 3.43. The molecule has 0 radical (unpaired) electrons. The Kier molecular flexibility index (Phi) is 9.85. The van der Waals surface area contributed by atoms with Crippen LogP contribution >= 0.6 is 39.3 Å². The molecule has 33 heavy (non-hydrogen) atoms. The van der Waals surface area contributed by atoms with Crippen LogP contribution in [0.5, 0.6) is 0 Å². The third-order valence-electron chi connectivity index (χ3n) is 5.22. The molecular formula is C26H26BrClN2O2S. The van der Waals surface area contributed by atoms with Gasteiger partial charge < -0.3 is 10.2 Å². The average Bonchev–Trinajstić information content (AvgIpc) is 2.83. The van der Waals surface area contributed by atoms with Crippen LogP contribution in [0.4, 0.5) is 0 Å². The quantitative estimate of drug-likeness (QED) is 0.354. The fourth-order valence-electron chi connectivity index (χ4n) is 3.45. The summed E-state index contributed by atoms with van der Waals surface area (Å²) in [5.74, 6) is 0.616. The van der Waals surface area contributed by atoms with Crippen molar-refractivity contribution in [1.29, 1.82) is 0 Å². The summed E-state index contributed by atoms with van der Waals surface area (Å²) >= 11 is 11.2. The van der Waals surface area contributed by atoms with Crippen LogP contribution in [0.3, 0.4) is 0 Å². The first-order valence-corrected chi connectivity index (χ1v) is 12.9. The monoisotopic (exact) mass is 544 g/mol. The van der Waals surface area contributed by atoms with Crippen molar-refractivity contribution in [3.05, 3.63) is 105 Å². The number of rotatable bonds is 10. The molecule has 0 heterocycles. The van der Waals surface area contributed by atoms with Gasteiger partial charge in [0.25, 0.3) is 0 Å². The molecule has 0 aliphatic heterocycles. The largest absolute Gasteiger partial charge is 0.357 e. The molecule has 4 nitrogen and oxygen atoms in total. The highest BCUT2D eigenvalue weighted by molar-refractivity contribution is 9.10. The smallest absolute Gasteiger partial charge is 0.242 e. The number of amides is 2. The van der Waals surface area contributed by atoms with Crippen LogP contribution in [0, 0.1) is 0 Å². The second kappa shape index (κ2) is 12.8. The van der Waals surface area contributed by atoms with Crippen LogP contribution in [0.1, 0.15) is 16.7 Å². The highest BCUT2D eigenvalue weighted by atomic mass is 79.9. The van der Waals surface area contributed by atoms with Crippen molar-refractivity contribution in [1.82, 2.24) is 10.2 Å². The van der Waals surface area contributed by atoms with Gasteiger partial charge in [-0.15, -0.1) is 11.8 Å². The Morgan fingerprint density at radius 1 is 0.970 bits per heavy atom. The number of benzene rings is 3. The van der Waals surface area contributed by atoms with E-state index < -0.39 is 6.04 Å². The average molecular weight is 546 g/mol. The zero-order valence-electron chi connectivity index (χ0n) is 18.3. The molecule has 7 heteroatoms. The molecule has 0 spiro atoms. The lowest BCUT2D eigenvalue weighted by molar-refractivity contribution is -0.139. The summed E-state index contributed by atoms with van der Waals surface area (Å²) < 4.78 is 0.964. The first-order valence-electron chi connectivity index (χ1n) is 10.6. The minimum Gasteiger partial charge on any atom is -0.357 e. The summed E-state index contributed by atoms with van der Waals surface area (Å²) in [5.41, 5.74) is 2.96. The molecule has 0 fully saturated rings. The molecule has 1 N–H and O–H groups in total. The summed E-state index contributed by atoms with van der Waals surface area (Å²) in [6, 6.07) is 24.6. The van der Waals surface area contributed by atoms with Crippen molar-refractivity contribution in [2.75, 3.05) is 12.8 Å². The minimum atomic E-state index is -0.616. The summed E-state index contributed by atoms with van der Waals surface area (Å²) in [7, 11) is 1.61. The molecule has 0 aliphatic carbocycles. The fraction of sp³-hybridized carbons (Fsp3) is 0.231. The highest BCUT2D eigenvalue weighted by Crippen LogP contribution is 2.22. The molecule has 0 unspecified atom stereocenters. The number of hydrogen-bond donors (Lipinski definition) is 1. The van der Waals surface area contributed by atoms with Crippen molar-refractivity contribution < 1.29 is 9.59 Å². The Hall–Kier alpha value is -2.28. The summed E-state index contributed by atoms with van der Waals surface area (Å²) in [6.45, 7) is 0.351. The molecule has 0 saturated heterocycles. The number of hydrogen-bond acceptors (Lipinski definition) is 3. The third kappa shape index (κ3) is 7.63. The van der Waals surface area contributed by atoms with E-state index >= 15 is 0 Å². The van der Waals surface area contributed by atoms with Gasteiger partial charge in [0.2, 0.25) is 11.8 Å². The molecule has 3 aromatic rings. The van der Waals surface area contributed by atoms with E-state index in [2.05, 4.69) is 21.2 Å². The van der Waals surface area contributed by atoms with E-state index in [1.807, 2.05) is 78.9 Å². The highest BCUT2D eigenvalue weighted by Gasteiger charge is 2.29. The third-order valence-corrected chi connectivity index (χ3v) is 7.09. The normalized spacial score (nSPS) is 11.6. The van der Waals surface area contributed by atoms with Crippen molar-refractivity contribution in [2.45, 2.75) is 24.8 Å². The standard InChI is InChI=1S/C26H26BrClN2O2S/c1-29-26(32)24(15-19-7-3-2-4-8-19)30(16-20-11-13-22(27)14-12-20)25(31)18-33-17-21-9-5-6-10-23(21)28/h2-14,24H,15-18H2,1H3,(H,29,32)/t24-/m1/s1. The van der Waals surface area contributed by atoms with E-state index in [9.17, 15) is 9.59 Å². The van der Waals surface area contributed by atoms with E-state index in [0.717, 1.165) is 21.2 Å². The van der Waals surface area contributed by atoms with Gasteiger partial charge in [0.15, 0.2) is 0 Å². The predicted octanol–water partition coefficient (Wildman–Crippen LogP) is 5.72. The van der Waals surface area contributed by atoms with Crippen LogP contribution in [0.25, 0.3) is 0 Å². The molecule has 0 bridgehead atoms. The van der Waals surface area contributed by atoms with Crippen LogP contribution in [-0.2, 0) is 28.3 Å². The SMILES string of the molecule is CNC(=O)[C@@H](Cc1ccccc1)N(Cc1ccc(Br)cc1)C(=O)CSCc1ccccc1Cl. The van der Waals surface area contributed by atoms with Crippen LogP contribution in [0.2, 0.25) is 5.02 Å². The molecule has 0 aromatic heterocycles. The zero-order valence-corrected chi connectivity index (χ0v) is 21.5. The Morgan fingerprint density at radius 2 is 1.64 bits per heavy atom. The van der Waals surface area contributed by atoms with Gasteiger partial charge in [-0.1, -0.05) is 88.2 Å². The number of likely N-dealkylation sites (N-methyl/N-ethyl adjacent to an activating group) is 1. The summed E-state index contributed by atoms with van der Waals surface area (Å²) in [4.78, 5) is 28.0. The zero-order chi connectivity index (χ0) is 23.6. The van der Waals surface area contributed by atoms with Gasteiger partial charge in [0.1, 0.15) is 6.04 Å². The van der Waals surface area contributed by atoms with E-state index in [-0.39, 0.29) is 17.6 Å². The lowest BCUT2D eigenvalue weighted by Crippen LogP contribution is -2.50. The lowest BCUT2D eigenvalue weighted by Gasteiger charge is -2.31. The molecule has 0 aliphatic rings. The van der Waals surface area contributed by atoms with Crippen molar-refractivity contribution in [2.24, 2.45) is 0 Å². The van der Waals surface area contributed by atoms with Gasteiger partial charge in [0, 0.05) is 35.3 Å². The van der Waals surface area contributed by atoms with E-state index in [0.29, 0.717) is 23.7 Å². The molecule has 1 atom stereocenters. The molecule has 0 saturated carbocycles. The summed E-state index contributed by atoms with van der Waals surface area (Å²) in [6.07, 6.45) is 0.442. The number of thioether (sulfide) groups is 1. The van der Waals surface area contributed by atoms with Gasteiger partial charge >= 0.3 is 0 Å². The molecular weight excluding hydrogens is 520 g/mol. The Labute approximate surface area is 212 Å². The number of nitrogens with zero attached hydrogens (tertiary/aromatic N) is 1. The maximum absolute atomic E-state index is 13.4. The van der Waals surface area contributed by atoms with Gasteiger partial charge in [-0.2, -0.15) is 0 Å². The minimum absolute atomic E-state index is 0.0838. The molecule has 3 aromatic carbocycles. The van der Waals surface area contributed by atoms with Gasteiger partial charge in [-0.25, -0.2) is 0 Å². The van der Waals surface area contributed by atoms with Gasteiger partial charge in [0.05, 0.1) is 5.75 Å². The topological polar surface area (TPSA) is 49.4 Å². The van der Waals surface area contributed by atoms with Crippen molar-refractivity contribution in [3.8, 4) is 0 Å². The van der Waals surface area contributed by atoms with Crippen LogP contribution in [-0.4, -0.2) is 35.6 Å². The van der Waals surface area contributed by atoms with E-state index in [1.165, 1.54) is 11.8 Å². The molecule has 172 valence electrons. The number of nitrogens with one attached hydrogen (secondary N) is 1. The van der Waals surface area contributed by atoms with Crippen LogP contribution in [0.15, 0.2) is 83.3 Å². The van der Waals surface area contributed by atoms with E-state index in [1.54, 1.807) is 11.9 Å². The maximum Gasteiger partial charge on any atom is 0.242 e. The Morgan fingerprint density at radius 3 is 2.30 bits per heavy atom. The van der Waals surface area contributed by atoms with Crippen molar-refractivity contribution in [3.63, 3.8) is 0 Å². The number of halogens is 2. The lowest BCUT2D eigenvalue weighted by atomic mass is 10.0. The van der Waals surface area contributed by atoms with Crippen molar-refractivity contribution >= 4 is 51.1 Å². The second-order valence-electron chi connectivity index (χ2n) is 7.55. The fourth-order valence-corrected chi connectivity index (χ4v) is 4.91. The van der Waals surface area contributed by atoms with E-state index in [4.69, 9.17) is 11.6 Å². The van der Waals surface area contributed by atoms with Gasteiger partial charge in [-0.3, -0.25) is 9.59 Å². The Bertz CT molecular complexity index is 1060. The predicted molar refractivity (Wildman–Crippen MR) is 140 cm³/mol. The molecule has 2 amide bonds. The van der Waals surface area contributed by atoms with Gasteiger partial charge in [-0.05, 0) is 34.9 Å². The van der Waals surface area contributed by atoms with Crippen LogP contribution < -0.4 is 5.32 Å². The number of carbonyl (C=O) groups excluding carboxylic acids is 2. The first kappa shape index (κ1) is 25.3. The first-order chi connectivity index (χ1) is 16.0. The molecule has 3 rings (SSSR count). The Balaban J connectivity index is 1.80. The second-order valence-corrected chi connectivity index (χ2v) is 9.86. The maximum atomic E-state index is 13.4. The number of carbonyl (C=O) groups is 2.